The lowest BCUT2D eigenvalue weighted by Crippen LogP contribution is -2.27. The Balaban J connectivity index is 2.10. The molecule has 1 heterocycles. The summed E-state index contributed by atoms with van der Waals surface area (Å²) in [6, 6.07) is 13.4. The molecule has 0 radical (unpaired) electrons. The molecule has 1 aromatic heterocycles. The Morgan fingerprint density at radius 1 is 1.05 bits per heavy atom. The summed E-state index contributed by atoms with van der Waals surface area (Å²) in [4.78, 5) is 3.11. The molecule has 2 nitrogen and oxygen atoms in total. The lowest BCUT2D eigenvalue weighted by atomic mass is 9.88. The summed E-state index contributed by atoms with van der Waals surface area (Å²) < 4.78 is 0. The number of aromatic amines is 1. The molecule has 0 saturated carbocycles. The third kappa shape index (κ3) is 3.71. The quantitative estimate of drug-likeness (QED) is 0.760. The molecule has 2 heteroatoms. The van der Waals surface area contributed by atoms with Crippen molar-refractivity contribution < 1.29 is 0 Å². The molecule has 0 aliphatic rings. The van der Waals surface area contributed by atoms with Gasteiger partial charge in [-0.15, -0.1) is 0 Å². The average Bonchev–Trinajstić information content (AvgIpc) is 2.97. The predicted octanol–water partition coefficient (Wildman–Crippen LogP) is 4.28. The Morgan fingerprint density at radius 3 is 2.37 bits per heavy atom. The Kier molecular flexibility index (Phi) is 5.22. The summed E-state index contributed by atoms with van der Waals surface area (Å²) in [7, 11) is 0. The van der Waals surface area contributed by atoms with Crippen molar-refractivity contribution in [3.8, 4) is 0 Å². The molecule has 0 bridgehead atoms. The van der Waals surface area contributed by atoms with Crippen LogP contribution in [0.5, 0.6) is 0 Å². The lowest BCUT2D eigenvalue weighted by Gasteiger charge is -2.27. The largest absolute Gasteiger partial charge is 0.367 e. The van der Waals surface area contributed by atoms with E-state index in [1.54, 1.807) is 0 Å². The van der Waals surface area contributed by atoms with Crippen molar-refractivity contribution in [3.63, 3.8) is 0 Å². The zero-order valence-corrected chi connectivity index (χ0v) is 11.9. The summed E-state index contributed by atoms with van der Waals surface area (Å²) in [6.45, 7) is 5.48. The highest BCUT2D eigenvalue weighted by Gasteiger charge is 2.19. The SMILES string of the molecule is CCC(CC)C(NCc1cc[nH]c1)c1ccccc1. The van der Waals surface area contributed by atoms with Crippen LogP contribution in [0.2, 0.25) is 0 Å². The standard InChI is InChI=1S/C17H24N2/c1-3-15(4-2)17(16-8-6-5-7-9-16)19-13-14-10-11-18-12-14/h5-12,15,17-19H,3-4,13H2,1-2H3. The molecule has 2 N–H and O–H groups in total. The van der Waals surface area contributed by atoms with Gasteiger partial charge in [0.1, 0.15) is 0 Å². The molecule has 1 atom stereocenters. The third-order valence-corrected chi connectivity index (χ3v) is 3.87. The first kappa shape index (κ1) is 13.9. The molecule has 0 aliphatic carbocycles. The Morgan fingerprint density at radius 2 is 1.79 bits per heavy atom. The number of aromatic nitrogens is 1. The van der Waals surface area contributed by atoms with Gasteiger partial charge in [-0.3, -0.25) is 0 Å². The second-order valence-corrected chi connectivity index (χ2v) is 5.07. The van der Waals surface area contributed by atoms with Gasteiger partial charge < -0.3 is 10.3 Å². The molecule has 0 amide bonds. The van der Waals surface area contributed by atoms with Gasteiger partial charge in [-0.25, -0.2) is 0 Å². The van der Waals surface area contributed by atoms with Crippen molar-refractivity contribution in [3.05, 3.63) is 59.9 Å². The monoisotopic (exact) mass is 256 g/mol. The maximum atomic E-state index is 3.72. The fourth-order valence-electron chi connectivity index (χ4n) is 2.67. The number of benzene rings is 1. The number of hydrogen-bond acceptors (Lipinski definition) is 1. The van der Waals surface area contributed by atoms with Crippen molar-refractivity contribution in [1.29, 1.82) is 0 Å². The maximum Gasteiger partial charge on any atom is 0.0351 e. The molecule has 0 fully saturated rings. The van der Waals surface area contributed by atoms with Gasteiger partial charge in [0, 0.05) is 25.0 Å². The Bertz CT molecular complexity index is 443. The summed E-state index contributed by atoms with van der Waals surface area (Å²) in [5.74, 6) is 0.682. The van der Waals surface area contributed by atoms with Crippen molar-refractivity contribution in [2.75, 3.05) is 0 Å². The highest BCUT2D eigenvalue weighted by Crippen LogP contribution is 2.27. The molecule has 2 rings (SSSR count). The summed E-state index contributed by atoms with van der Waals surface area (Å²) in [5.41, 5.74) is 2.71. The number of nitrogens with one attached hydrogen (secondary N) is 2. The van der Waals surface area contributed by atoms with Crippen LogP contribution in [0.25, 0.3) is 0 Å². The van der Waals surface area contributed by atoms with E-state index in [2.05, 4.69) is 66.7 Å². The zero-order valence-electron chi connectivity index (χ0n) is 11.9. The topological polar surface area (TPSA) is 27.8 Å². The summed E-state index contributed by atoms with van der Waals surface area (Å²) >= 11 is 0. The number of rotatable bonds is 7. The van der Waals surface area contributed by atoms with Gasteiger partial charge in [0.05, 0.1) is 0 Å². The van der Waals surface area contributed by atoms with E-state index in [0.29, 0.717) is 12.0 Å². The fourth-order valence-corrected chi connectivity index (χ4v) is 2.67. The Hall–Kier alpha value is -1.54. The van der Waals surface area contributed by atoms with Crippen LogP contribution < -0.4 is 5.32 Å². The van der Waals surface area contributed by atoms with Gasteiger partial charge >= 0.3 is 0 Å². The van der Waals surface area contributed by atoms with E-state index in [0.717, 1.165) is 6.54 Å². The first-order valence-electron chi connectivity index (χ1n) is 7.25. The van der Waals surface area contributed by atoms with Crippen LogP contribution >= 0.6 is 0 Å². The lowest BCUT2D eigenvalue weighted by molar-refractivity contribution is 0.339. The summed E-state index contributed by atoms with van der Waals surface area (Å²) in [6.07, 6.45) is 6.44. The molecule has 0 saturated heterocycles. The van der Waals surface area contributed by atoms with Crippen LogP contribution in [-0.2, 0) is 6.54 Å². The molecule has 1 unspecified atom stereocenters. The summed E-state index contributed by atoms with van der Waals surface area (Å²) in [5, 5.41) is 3.72. The molecule has 2 aromatic rings. The highest BCUT2D eigenvalue weighted by atomic mass is 14.9. The van der Waals surface area contributed by atoms with Crippen LogP contribution in [0.3, 0.4) is 0 Å². The minimum absolute atomic E-state index is 0.436. The molecule has 102 valence electrons. The van der Waals surface area contributed by atoms with Gasteiger partial charge in [-0.2, -0.15) is 0 Å². The predicted molar refractivity (Wildman–Crippen MR) is 80.9 cm³/mol. The van der Waals surface area contributed by atoms with Crippen LogP contribution in [0.15, 0.2) is 48.8 Å². The van der Waals surface area contributed by atoms with Crippen molar-refractivity contribution in [1.82, 2.24) is 10.3 Å². The van der Waals surface area contributed by atoms with E-state index in [9.17, 15) is 0 Å². The Labute approximate surface area is 116 Å². The van der Waals surface area contributed by atoms with E-state index < -0.39 is 0 Å². The normalized spacial score (nSPS) is 12.8. The molecule has 0 aliphatic heterocycles. The average molecular weight is 256 g/mol. The fraction of sp³-hybridized carbons (Fsp3) is 0.412. The molecule has 1 aromatic carbocycles. The van der Waals surface area contributed by atoms with E-state index >= 15 is 0 Å². The van der Waals surface area contributed by atoms with Gasteiger partial charge in [-0.05, 0) is 23.1 Å². The minimum Gasteiger partial charge on any atom is -0.367 e. The van der Waals surface area contributed by atoms with E-state index in [1.165, 1.54) is 24.0 Å². The smallest absolute Gasteiger partial charge is 0.0351 e. The first-order valence-corrected chi connectivity index (χ1v) is 7.25. The van der Waals surface area contributed by atoms with Gasteiger partial charge in [0.25, 0.3) is 0 Å². The zero-order chi connectivity index (χ0) is 13.5. The van der Waals surface area contributed by atoms with Gasteiger partial charge in [0.2, 0.25) is 0 Å². The van der Waals surface area contributed by atoms with Crippen LogP contribution in [0.4, 0.5) is 0 Å². The van der Waals surface area contributed by atoms with E-state index in [4.69, 9.17) is 0 Å². The number of H-pyrrole nitrogens is 1. The van der Waals surface area contributed by atoms with Gasteiger partial charge in [-0.1, -0.05) is 57.0 Å². The van der Waals surface area contributed by atoms with Crippen LogP contribution in [0, 0.1) is 5.92 Å². The third-order valence-electron chi connectivity index (χ3n) is 3.87. The van der Waals surface area contributed by atoms with Crippen LogP contribution in [0.1, 0.15) is 43.9 Å². The first-order chi connectivity index (χ1) is 9.35. The van der Waals surface area contributed by atoms with Crippen molar-refractivity contribution in [2.24, 2.45) is 5.92 Å². The van der Waals surface area contributed by atoms with E-state index in [-0.39, 0.29) is 0 Å². The second-order valence-electron chi connectivity index (χ2n) is 5.07. The minimum atomic E-state index is 0.436. The second kappa shape index (κ2) is 7.15. The molecule has 19 heavy (non-hydrogen) atoms. The molecule has 0 spiro atoms. The maximum absolute atomic E-state index is 3.72. The van der Waals surface area contributed by atoms with Gasteiger partial charge in [0.15, 0.2) is 0 Å². The van der Waals surface area contributed by atoms with E-state index in [1.807, 2.05) is 6.20 Å². The van der Waals surface area contributed by atoms with Crippen molar-refractivity contribution in [2.45, 2.75) is 39.3 Å². The molecular formula is C17H24N2. The highest BCUT2D eigenvalue weighted by molar-refractivity contribution is 5.20. The molecular weight excluding hydrogens is 232 g/mol. The van der Waals surface area contributed by atoms with Crippen molar-refractivity contribution >= 4 is 0 Å². The van der Waals surface area contributed by atoms with Crippen LogP contribution in [-0.4, -0.2) is 4.98 Å². The number of hydrogen-bond donors (Lipinski definition) is 2.